The normalized spacial score (nSPS) is 25.8. The molecule has 0 aromatic carbocycles. The van der Waals surface area contributed by atoms with Crippen molar-refractivity contribution in [3.8, 4) is 0 Å². The molecule has 1 N–H and O–H groups in total. The first-order chi connectivity index (χ1) is 12.3. The van der Waals surface area contributed by atoms with Crippen LogP contribution in [0.3, 0.4) is 0 Å². The Kier molecular flexibility index (Phi) is 5.36. The number of amides is 1. The summed E-state index contributed by atoms with van der Waals surface area (Å²) in [5.41, 5.74) is 0. The number of imidazole rings is 1. The molecule has 138 valence electrons. The van der Waals surface area contributed by atoms with Gasteiger partial charge in [0, 0.05) is 57.0 Å². The molecule has 3 heterocycles. The standard InChI is InChI=1S/C19H30N4O2/c24-18(12-17-14-25-11-7-20-17)22-8-4-16(5-9-22)19-21-6-10-23(19)13-15-2-1-3-15/h6,10,15-17,20H,1-5,7-9,11-14H2/t17-/m0/s1. The molecule has 3 fully saturated rings. The number of hydrogen-bond acceptors (Lipinski definition) is 4. The maximum Gasteiger partial charge on any atom is 0.224 e. The van der Waals surface area contributed by atoms with Gasteiger partial charge in [-0.1, -0.05) is 6.42 Å². The largest absolute Gasteiger partial charge is 0.378 e. The number of nitrogens with zero attached hydrogens (tertiary/aromatic N) is 3. The Morgan fingerprint density at radius 3 is 2.80 bits per heavy atom. The Morgan fingerprint density at radius 1 is 1.28 bits per heavy atom. The van der Waals surface area contributed by atoms with Crippen molar-refractivity contribution in [3.63, 3.8) is 0 Å². The second kappa shape index (κ2) is 7.87. The molecule has 0 radical (unpaired) electrons. The van der Waals surface area contributed by atoms with Gasteiger partial charge in [-0.05, 0) is 31.6 Å². The molecule has 1 aromatic heterocycles. The Labute approximate surface area is 149 Å². The Bertz CT molecular complexity index is 570. The molecule has 2 saturated heterocycles. The van der Waals surface area contributed by atoms with Crippen LogP contribution < -0.4 is 5.32 Å². The second-order valence-corrected chi connectivity index (χ2v) is 7.82. The van der Waals surface area contributed by atoms with Crippen molar-refractivity contribution in [2.24, 2.45) is 5.92 Å². The maximum atomic E-state index is 12.5. The topological polar surface area (TPSA) is 59.4 Å². The predicted octanol–water partition coefficient (Wildman–Crippen LogP) is 1.77. The van der Waals surface area contributed by atoms with E-state index < -0.39 is 0 Å². The Morgan fingerprint density at radius 2 is 2.12 bits per heavy atom. The molecule has 3 aliphatic rings. The van der Waals surface area contributed by atoms with Crippen LogP contribution in [0, 0.1) is 5.92 Å². The number of carbonyl (C=O) groups is 1. The number of ether oxygens (including phenoxy) is 1. The summed E-state index contributed by atoms with van der Waals surface area (Å²) in [6.45, 7) is 5.09. The maximum absolute atomic E-state index is 12.5. The summed E-state index contributed by atoms with van der Waals surface area (Å²) < 4.78 is 7.82. The number of nitrogens with one attached hydrogen (secondary N) is 1. The molecule has 2 aliphatic heterocycles. The molecule has 6 nitrogen and oxygen atoms in total. The number of morpholine rings is 1. The van der Waals surface area contributed by atoms with E-state index in [9.17, 15) is 4.79 Å². The molecule has 0 spiro atoms. The first kappa shape index (κ1) is 17.0. The van der Waals surface area contributed by atoms with Gasteiger partial charge in [-0.15, -0.1) is 0 Å². The van der Waals surface area contributed by atoms with E-state index >= 15 is 0 Å². The molecule has 1 amide bonds. The highest BCUT2D eigenvalue weighted by atomic mass is 16.5. The number of hydrogen-bond donors (Lipinski definition) is 1. The van der Waals surface area contributed by atoms with Gasteiger partial charge in [0.1, 0.15) is 5.82 Å². The summed E-state index contributed by atoms with van der Waals surface area (Å²) in [5, 5.41) is 3.37. The highest BCUT2D eigenvalue weighted by molar-refractivity contribution is 5.77. The predicted molar refractivity (Wildman–Crippen MR) is 95.3 cm³/mol. The molecule has 1 aromatic rings. The van der Waals surface area contributed by atoms with E-state index in [0.29, 0.717) is 18.9 Å². The summed E-state index contributed by atoms with van der Waals surface area (Å²) in [5.74, 6) is 2.84. The van der Waals surface area contributed by atoms with Gasteiger partial charge in [0.2, 0.25) is 5.91 Å². The summed E-state index contributed by atoms with van der Waals surface area (Å²) in [7, 11) is 0. The van der Waals surface area contributed by atoms with Gasteiger partial charge in [-0.25, -0.2) is 4.98 Å². The van der Waals surface area contributed by atoms with E-state index in [-0.39, 0.29) is 11.9 Å². The summed E-state index contributed by atoms with van der Waals surface area (Å²) in [6.07, 6.45) is 10.8. The molecule has 6 heteroatoms. The average Bonchev–Trinajstić information content (AvgIpc) is 3.07. The lowest BCUT2D eigenvalue weighted by Gasteiger charge is -2.34. The van der Waals surface area contributed by atoms with Crippen molar-refractivity contribution < 1.29 is 9.53 Å². The summed E-state index contributed by atoms with van der Waals surface area (Å²) in [4.78, 5) is 19.2. The van der Waals surface area contributed by atoms with Crippen LogP contribution in [0.1, 0.15) is 50.3 Å². The lowest BCUT2D eigenvalue weighted by Crippen LogP contribution is -2.46. The third-order valence-electron chi connectivity index (χ3n) is 6.06. The van der Waals surface area contributed by atoms with Gasteiger partial charge in [0.05, 0.1) is 13.2 Å². The van der Waals surface area contributed by atoms with Crippen LogP contribution in [-0.4, -0.2) is 59.2 Å². The second-order valence-electron chi connectivity index (χ2n) is 7.82. The average molecular weight is 346 g/mol. The quantitative estimate of drug-likeness (QED) is 0.883. The van der Waals surface area contributed by atoms with Gasteiger partial charge in [-0.3, -0.25) is 4.79 Å². The van der Waals surface area contributed by atoms with Gasteiger partial charge < -0.3 is 19.5 Å². The summed E-state index contributed by atoms with van der Waals surface area (Å²) in [6, 6.07) is 0.181. The van der Waals surface area contributed by atoms with Gasteiger partial charge >= 0.3 is 0 Å². The molecule has 0 unspecified atom stereocenters. The van der Waals surface area contributed by atoms with E-state index in [0.717, 1.165) is 51.5 Å². The third-order valence-corrected chi connectivity index (χ3v) is 6.06. The molecular weight excluding hydrogens is 316 g/mol. The van der Waals surface area contributed by atoms with Crippen LogP contribution in [0.15, 0.2) is 12.4 Å². The van der Waals surface area contributed by atoms with Gasteiger partial charge in [-0.2, -0.15) is 0 Å². The van der Waals surface area contributed by atoms with Crippen molar-refractivity contribution in [3.05, 3.63) is 18.2 Å². The minimum absolute atomic E-state index is 0.181. The molecule has 0 bridgehead atoms. The zero-order chi connectivity index (χ0) is 17.1. The Balaban J connectivity index is 1.28. The lowest BCUT2D eigenvalue weighted by molar-refractivity contribution is -0.133. The highest BCUT2D eigenvalue weighted by Gasteiger charge is 2.29. The lowest BCUT2D eigenvalue weighted by atomic mass is 9.85. The first-order valence-corrected chi connectivity index (χ1v) is 9.89. The fraction of sp³-hybridized carbons (Fsp3) is 0.789. The number of aromatic nitrogens is 2. The third kappa shape index (κ3) is 4.06. The molecular formula is C19H30N4O2. The number of rotatable bonds is 5. The van der Waals surface area contributed by atoms with Gasteiger partial charge in [0.25, 0.3) is 0 Å². The molecule has 25 heavy (non-hydrogen) atoms. The fourth-order valence-corrected chi connectivity index (χ4v) is 4.27. The SMILES string of the molecule is O=C(C[C@H]1COCCN1)N1CCC(c2nccn2CC2CCC2)CC1. The van der Waals surface area contributed by atoms with Crippen LogP contribution in [-0.2, 0) is 16.1 Å². The number of likely N-dealkylation sites (tertiary alicyclic amines) is 1. The van der Waals surface area contributed by atoms with Crippen molar-refractivity contribution >= 4 is 5.91 Å². The minimum Gasteiger partial charge on any atom is -0.378 e. The van der Waals surface area contributed by atoms with Crippen LogP contribution in [0.4, 0.5) is 0 Å². The van der Waals surface area contributed by atoms with E-state index in [1.165, 1.54) is 25.1 Å². The van der Waals surface area contributed by atoms with E-state index in [2.05, 4.69) is 21.1 Å². The van der Waals surface area contributed by atoms with E-state index in [1.807, 2.05) is 11.1 Å². The molecule has 4 rings (SSSR count). The van der Waals surface area contributed by atoms with Crippen LogP contribution in [0.2, 0.25) is 0 Å². The minimum atomic E-state index is 0.181. The zero-order valence-electron chi connectivity index (χ0n) is 15.0. The smallest absolute Gasteiger partial charge is 0.224 e. The number of piperidine rings is 1. The Hall–Kier alpha value is -1.40. The highest BCUT2D eigenvalue weighted by Crippen LogP contribution is 2.31. The van der Waals surface area contributed by atoms with Crippen molar-refractivity contribution in [2.45, 2.75) is 57.0 Å². The van der Waals surface area contributed by atoms with E-state index in [4.69, 9.17) is 4.74 Å². The fourth-order valence-electron chi connectivity index (χ4n) is 4.27. The van der Waals surface area contributed by atoms with E-state index in [1.54, 1.807) is 0 Å². The first-order valence-electron chi connectivity index (χ1n) is 9.89. The zero-order valence-corrected chi connectivity index (χ0v) is 15.0. The van der Waals surface area contributed by atoms with Crippen LogP contribution in [0.25, 0.3) is 0 Å². The van der Waals surface area contributed by atoms with Gasteiger partial charge in [0.15, 0.2) is 0 Å². The molecule has 1 atom stereocenters. The van der Waals surface area contributed by atoms with Crippen LogP contribution in [0.5, 0.6) is 0 Å². The van der Waals surface area contributed by atoms with Crippen molar-refractivity contribution in [2.75, 3.05) is 32.8 Å². The van der Waals surface area contributed by atoms with Crippen molar-refractivity contribution in [1.29, 1.82) is 0 Å². The molecule has 1 saturated carbocycles. The monoisotopic (exact) mass is 346 g/mol. The molecule has 1 aliphatic carbocycles. The summed E-state index contributed by atoms with van der Waals surface area (Å²) >= 11 is 0. The van der Waals surface area contributed by atoms with Crippen molar-refractivity contribution in [1.82, 2.24) is 19.8 Å². The number of carbonyl (C=O) groups excluding carboxylic acids is 1. The van der Waals surface area contributed by atoms with Crippen LogP contribution >= 0.6 is 0 Å².